The third-order valence-electron chi connectivity index (χ3n) is 2.40. The van der Waals surface area contributed by atoms with Gasteiger partial charge in [0.15, 0.2) is 0 Å². The maximum atomic E-state index is 10.6. The summed E-state index contributed by atoms with van der Waals surface area (Å²) in [6, 6.07) is 15.8. The molecule has 26 heavy (non-hydrogen) atoms. The van der Waals surface area contributed by atoms with Crippen LogP contribution in [0.1, 0.15) is 5.56 Å². The fraction of sp³-hybridized carbons (Fsp3) is 0.133. The molecule has 0 atom stereocenters. The van der Waals surface area contributed by atoms with Gasteiger partial charge in [-0.25, -0.2) is 9.59 Å². The van der Waals surface area contributed by atoms with Crippen molar-refractivity contribution in [3.8, 4) is 6.07 Å². The molecule has 2 N–H and O–H groups in total. The molecule has 0 heterocycles. The Morgan fingerprint density at radius 1 is 0.808 bits per heavy atom. The van der Waals surface area contributed by atoms with Crippen LogP contribution >= 0.6 is 0 Å². The lowest BCUT2D eigenvalue weighted by Gasteiger charge is -1.97. The van der Waals surface area contributed by atoms with E-state index in [2.05, 4.69) is 6.07 Å². The van der Waals surface area contributed by atoms with E-state index >= 15 is 0 Å². The number of aliphatic carboxylic acids is 2. The maximum Gasteiger partial charge on any atom is 0.490 e. The predicted molar refractivity (Wildman–Crippen MR) is 76.0 cm³/mol. The van der Waals surface area contributed by atoms with E-state index in [4.69, 9.17) is 25.1 Å². The molecule has 0 spiro atoms. The molecule has 2 rings (SSSR count). The summed E-state index contributed by atoms with van der Waals surface area (Å²) in [7, 11) is 0. The van der Waals surface area contributed by atoms with E-state index in [0.717, 1.165) is 16.3 Å². The van der Waals surface area contributed by atoms with Gasteiger partial charge in [0.1, 0.15) is 0 Å². The van der Waals surface area contributed by atoms with Gasteiger partial charge in [-0.15, -0.1) is 0 Å². The molecule has 0 aliphatic heterocycles. The Morgan fingerprint density at radius 2 is 1.19 bits per heavy atom. The molecular weight excluding hydrogens is 372 g/mol. The van der Waals surface area contributed by atoms with Crippen LogP contribution in [0.4, 0.5) is 26.3 Å². The minimum absolute atomic E-state index is 0.744. The molecule has 0 radical (unpaired) electrons. The van der Waals surface area contributed by atoms with Gasteiger partial charge in [-0.3, -0.25) is 0 Å². The van der Waals surface area contributed by atoms with Gasteiger partial charge < -0.3 is 10.2 Å². The highest BCUT2D eigenvalue weighted by atomic mass is 19.4. The van der Waals surface area contributed by atoms with E-state index < -0.39 is 24.3 Å². The van der Waals surface area contributed by atoms with E-state index in [-0.39, 0.29) is 0 Å². The van der Waals surface area contributed by atoms with Crippen molar-refractivity contribution in [2.75, 3.05) is 0 Å². The Bertz CT molecular complexity index is 779. The van der Waals surface area contributed by atoms with E-state index in [1.54, 1.807) is 0 Å². The first-order valence-electron chi connectivity index (χ1n) is 6.28. The summed E-state index contributed by atoms with van der Waals surface area (Å²) in [5.74, 6) is -5.51. The number of hydrogen-bond acceptors (Lipinski definition) is 3. The number of hydrogen-bond donors (Lipinski definition) is 2. The number of carboxylic acid groups (broad SMARTS) is 2. The summed E-state index contributed by atoms with van der Waals surface area (Å²) >= 11 is 0. The van der Waals surface area contributed by atoms with Gasteiger partial charge in [-0.05, 0) is 16.8 Å². The average Bonchev–Trinajstić information content (AvgIpc) is 2.53. The third-order valence-corrected chi connectivity index (χ3v) is 2.40. The van der Waals surface area contributed by atoms with E-state index in [0.29, 0.717) is 0 Å². The number of rotatable bonds is 0. The summed E-state index contributed by atoms with van der Waals surface area (Å²) in [6.07, 6.45) is -10.2. The van der Waals surface area contributed by atoms with Gasteiger partial charge in [0.05, 0.1) is 11.6 Å². The largest absolute Gasteiger partial charge is 0.490 e. The normalized spacial score (nSPS) is 10.5. The second-order valence-electron chi connectivity index (χ2n) is 4.24. The highest BCUT2D eigenvalue weighted by Crippen LogP contribution is 2.17. The second-order valence-corrected chi connectivity index (χ2v) is 4.24. The third kappa shape index (κ3) is 8.00. The van der Waals surface area contributed by atoms with E-state index in [1.807, 2.05) is 42.5 Å². The molecule has 0 fully saturated rings. The lowest BCUT2D eigenvalue weighted by molar-refractivity contribution is -0.193. The lowest BCUT2D eigenvalue weighted by Crippen LogP contribution is -2.21. The van der Waals surface area contributed by atoms with Crippen molar-refractivity contribution in [1.82, 2.24) is 0 Å². The zero-order chi connectivity index (χ0) is 20.5. The average molecular weight is 381 g/mol. The number of carbonyl (C=O) groups is 2. The molecule has 140 valence electrons. The summed E-state index contributed by atoms with van der Waals surface area (Å²) in [6.45, 7) is 0. The fourth-order valence-corrected chi connectivity index (χ4v) is 1.32. The number of fused-ring (bicyclic) bond motifs is 1. The van der Waals surface area contributed by atoms with Crippen LogP contribution in [0.2, 0.25) is 0 Å². The molecule has 0 aliphatic carbocycles. The van der Waals surface area contributed by atoms with Crippen LogP contribution in [-0.2, 0) is 9.59 Å². The molecule has 11 heteroatoms. The highest BCUT2D eigenvalue weighted by Gasteiger charge is 2.38. The van der Waals surface area contributed by atoms with E-state index in [1.165, 1.54) is 0 Å². The Hall–Kier alpha value is -3.29. The predicted octanol–water partition coefficient (Wildman–Crippen LogP) is 3.98. The number of nitrogens with zero attached hydrogens (tertiary/aromatic N) is 1. The first-order chi connectivity index (χ1) is 11.8. The van der Waals surface area contributed by atoms with Gasteiger partial charge in [-0.2, -0.15) is 31.6 Å². The summed E-state index contributed by atoms with van der Waals surface area (Å²) in [5.41, 5.74) is 0.744. The quantitative estimate of drug-likeness (QED) is 0.673. The fourth-order valence-electron chi connectivity index (χ4n) is 1.32. The lowest BCUT2D eigenvalue weighted by atomic mass is 10.1. The minimum atomic E-state index is -5.08. The molecule has 0 saturated carbocycles. The Kier molecular flexibility index (Phi) is 8.09. The van der Waals surface area contributed by atoms with Crippen LogP contribution in [0.3, 0.4) is 0 Å². The minimum Gasteiger partial charge on any atom is -0.475 e. The number of nitriles is 1. The molecule has 2 aromatic rings. The van der Waals surface area contributed by atoms with Gasteiger partial charge in [0.2, 0.25) is 0 Å². The van der Waals surface area contributed by atoms with Crippen molar-refractivity contribution in [2.24, 2.45) is 0 Å². The summed E-state index contributed by atoms with van der Waals surface area (Å²) in [5, 5.41) is 25.2. The molecule has 2 aromatic carbocycles. The first kappa shape index (κ1) is 22.7. The van der Waals surface area contributed by atoms with Crippen molar-refractivity contribution >= 4 is 22.7 Å². The second kappa shape index (κ2) is 9.26. The standard InChI is InChI=1S/C11H7N.2C2HF3O2/c12-8-10-6-3-5-9-4-1-2-7-11(9)10;2*3-2(4,5)1(6)7/h1-7H;2*(H,6,7). The SMILES string of the molecule is N#Cc1cccc2ccccc12.O=C(O)C(F)(F)F.O=C(O)C(F)(F)F. The number of carboxylic acids is 2. The van der Waals surface area contributed by atoms with Crippen molar-refractivity contribution < 1.29 is 46.1 Å². The summed E-state index contributed by atoms with van der Waals surface area (Å²) in [4.78, 5) is 17.8. The van der Waals surface area contributed by atoms with Gasteiger partial charge in [-0.1, -0.05) is 36.4 Å². The van der Waals surface area contributed by atoms with Crippen LogP contribution in [-0.4, -0.2) is 34.5 Å². The molecule has 0 bridgehead atoms. The molecule has 0 saturated heterocycles. The van der Waals surface area contributed by atoms with Crippen molar-refractivity contribution in [3.63, 3.8) is 0 Å². The topological polar surface area (TPSA) is 98.4 Å². The van der Waals surface area contributed by atoms with Gasteiger partial charge in [0, 0.05) is 0 Å². The van der Waals surface area contributed by atoms with Crippen LogP contribution < -0.4 is 0 Å². The zero-order valence-electron chi connectivity index (χ0n) is 12.5. The monoisotopic (exact) mass is 381 g/mol. The van der Waals surface area contributed by atoms with E-state index in [9.17, 15) is 26.3 Å². The first-order valence-corrected chi connectivity index (χ1v) is 6.28. The number of benzene rings is 2. The zero-order valence-corrected chi connectivity index (χ0v) is 12.5. The molecule has 0 amide bonds. The van der Waals surface area contributed by atoms with Crippen molar-refractivity contribution in [3.05, 3.63) is 48.0 Å². The van der Waals surface area contributed by atoms with Crippen molar-refractivity contribution in [2.45, 2.75) is 12.4 Å². The molecule has 0 aromatic heterocycles. The molecule has 0 unspecified atom stereocenters. The molecule has 5 nitrogen and oxygen atoms in total. The Morgan fingerprint density at radius 3 is 1.58 bits per heavy atom. The number of halogens is 6. The maximum absolute atomic E-state index is 10.6. The number of alkyl halides is 6. The van der Waals surface area contributed by atoms with Crippen LogP contribution in [0, 0.1) is 11.3 Å². The van der Waals surface area contributed by atoms with Gasteiger partial charge >= 0.3 is 24.3 Å². The highest BCUT2D eigenvalue weighted by molar-refractivity contribution is 5.87. The Labute approximate surface area is 141 Å². The molecule has 0 aliphatic rings. The van der Waals surface area contributed by atoms with Crippen LogP contribution in [0.15, 0.2) is 42.5 Å². The smallest absolute Gasteiger partial charge is 0.475 e. The van der Waals surface area contributed by atoms with Gasteiger partial charge in [0.25, 0.3) is 0 Å². The van der Waals surface area contributed by atoms with Crippen LogP contribution in [0.25, 0.3) is 10.8 Å². The summed E-state index contributed by atoms with van der Waals surface area (Å²) < 4.78 is 63.5. The van der Waals surface area contributed by atoms with Crippen molar-refractivity contribution in [1.29, 1.82) is 5.26 Å². The Balaban J connectivity index is 0.000000390. The molecular formula is C15H9F6NO4. The van der Waals surface area contributed by atoms with Crippen LogP contribution in [0.5, 0.6) is 0 Å².